The van der Waals surface area contributed by atoms with E-state index >= 15 is 0 Å². The zero-order valence-electron chi connectivity index (χ0n) is 23.2. The number of alkyl halides is 2. The molecule has 1 aliphatic carbocycles. The van der Waals surface area contributed by atoms with Gasteiger partial charge in [0.05, 0.1) is 17.1 Å². The lowest BCUT2D eigenvalue weighted by atomic mass is 9.68. The maximum atomic E-state index is 14.6. The number of benzene rings is 3. The van der Waals surface area contributed by atoms with E-state index < -0.39 is 18.1 Å². The average molecular weight is 534 g/mol. The minimum Gasteiger partial charge on any atom is -0.464 e. The van der Waals surface area contributed by atoms with E-state index in [1.165, 1.54) is 11.1 Å². The third-order valence-electron chi connectivity index (χ3n) is 8.80. The Morgan fingerprint density at radius 2 is 1.72 bits per heavy atom. The number of nitrogens with zero attached hydrogens (tertiary/aromatic N) is 1. The third kappa shape index (κ3) is 4.37. The molecule has 1 unspecified atom stereocenters. The van der Waals surface area contributed by atoms with Gasteiger partial charge in [-0.25, -0.2) is 8.78 Å². The lowest BCUT2D eigenvalue weighted by Gasteiger charge is -2.40. The van der Waals surface area contributed by atoms with Crippen LogP contribution in [0.15, 0.2) is 54.6 Å². The summed E-state index contributed by atoms with van der Waals surface area (Å²) in [6, 6.07) is 18.1. The first-order valence-electron chi connectivity index (χ1n) is 14.3. The summed E-state index contributed by atoms with van der Waals surface area (Å²) in [6.07, 6.45) is 0.0340. The topological polar surface area (TPSA) is 30.9 Å². The van der Waals surface area contributed by atoms with E-state index in [-0.39, 0.29) is 17.4 Å². The monoisotopic (exact) mass is 533 g/mol. The van der Waals surface area contributed by atoms with Crippen molar-refractivity contribution in [3.05, 3.63) is 82.4 Å². The first kappa shape index (κ1) is 26.1. The molecule has 6 rings (SSSR count). The number of hydrogen-bond donors (Lipinski definition) is 0. The van der Waals surface area contributed by atoms with Gasteiger partial charge < -0.3 is 19.1 Å². The van der Waals surface area contributed by atoms with Crippen LogP contribution in [0.2, 0.25) is 0 Å². The summed E-state index contributed by atoms with van der Waals surface area (Å²) in [5.74, 6) is 1.88. The van der Waals surface area contributed by atoms with Crippen LogP contribution < -0.4 is 14.4 Å². The highest BCUT2D eigenvalue weighted by Crippen LogP contribution is 2.59. The molecule has 1 spiro atoms. The lowest BCUT2D eigenvalue weighted by molar-refractivity contribution is -0.155. The molecule has 2 aliphatic heterocycles. The van der Waals surface area contributed by atoms with Crippen LogP contribution in [0, 0.1) is 5.92 Å². The van der Waals surface area contributed by atoms with Gasteiger partial charge in [0.1, 0.15) is 17.2 Å². The number of halogens is 2. The minimum absolute atomic E-state index is 0.0197. The Kier molecular flexibility index (Phi) is 6.78. The number of aryl methyl sites for hydroxylation is 1. The van der Waals surface area contributed by atoms with Gasteiger partial charge in [0.15, 0.2) is 6.29 Å². The molecule has 1 fully saturated rings. The van der Waals surface area contributed by atoms with Crippen LogP contribution in [0.4, 0.5) is 14.5 Å². The molecule has 39 heavy (non-hydrogen) atoms. The number of rotatable bonds is 6. The van der Waals surface area contributed by atoms with Crippen molar-refractivity contribution in [3.8, 4) is 17.2 Å². The number of anilines is 1. The van der Waals surface area contributed by atoms with Crippen molar-refractivity contribution >= 4 is 5.69 Å². The zero-order valence-corrected chi connectivity index (χ0v) is 23.2. The summed E-state index contributed by atoms with van der Waals surface area (Å²) in [5, 5.41) is 0. The Labute approximate surface area is 229 Å². The smallest absolute Gasteiger partial charge is 0.267 e. The molecule has 0 radical (unpaired) electrons. The van der Waals surface area contributed by atoms with Gasteiger partial charge in [-0.3, -0.25) is 0 Å². The van der Waals surface area contributed by atoms with E-state index in [2.05, 4.69) is 62.1 Å². The molecule has 1 saturated heterocycles. The van der Waals surface area contributed by atoms with Crippen LogP contribution in [0.5, 0.6) is 17.2 Å². The van der Waals surface area contributed by atoms with Crippen molar-refractivity contribution in [2.45, 2.75) is 77.6 Å². The van der Waals surface area contributed by atoms with E-state index in [4.69, 9.17) is 14.2 Å². The fourth-order valence-corrected chi connectivity index (χ4v) is 7.02. The first-order chi connectivity index (χ1) is 18.8. The van der Waals surface area contributed by atoms with Crippen molar-refractivity contribution in [3.63, 3.8) is 0 Å². The van der Waals surface area contributed by atoms with Crippen molar-refractivity contribution < 1.29 is 23.0 Å². The summed E-state index contributed by atoms with van der Waals surface area (Å²) in [7, 11) is 0. The Hall–Kier alpha value is -3.12. The lowest BCUT2D eigenvalue weighted by Crippen LogP contribution is -2.34. The molecule has 0 N–H and O–H groups in total. The van der Waals surface area contributed by atoms with Crippen LogP contribution in [-0.2, 0) is 16.6 Å². The molecule has 3 aromatic carbocycles. The Balaban J connectivity index is 1.52. The molecule has 6 heteroatoms. The van der Waals surface area contributed by atoms with Gasteiger partial charge in [-0.1, -0.05) is 37.3 Å². The van der Waals surface area contributed by atoms with Gasteiger partial charge in [-0.2, -0.15) is 0 Å². The highest BCUT2D eigenvalue weighted by atomic mass is 19.3. The predicted molar refractivity (Wildman–Crippen MR) is 149 cm³/mol. The second-order valence-corrected chi connectivity index (χ2v) is 11.3. The zero-order chi connectivity index (χ0) is 27.3. The third-order valence-corrected chi connectivity index (χ3v) is 8.80. The van der Waals surface area contributed by atoms with Gasteiger partial charge in [0, 0.05) is 48.5 Å². The Bertz CT molecular complexity index is 1360. The van der Waals surface area contributed by atoms with E-state index in [1.807, 2.05) is 13.0 Å². The normalized spacial score (nSPS) is 25.2. The van der Waals surface area contributed by atoms with Crippen LogP contribution in [0.3, 0.4) is 0 Å². The van der Waals surface area contributed by atoms with Gasteiger partial charge in [0.25, 0.3) is 6.43 Å². The van der Waals surface area contributed by atoms with Gasteiger partial charge >= 0.3 is 0 Å². The minimum atomic E-state index is -2.69. The maximum absolute atomic E-state index is 14.6. The molecule has 3 aromatic rings. The van der Waals surface area contributed by atoms with E-state index in [0.29, 0.717) is 18.1 Å². The summed E-state index contributed by atoms with van der Waals surface area (Å²) in [5.41, 5.74) is 4.64. The van der Waals surface area contributed by atoms with Crippen LogP contribution >= 0.6 is 0 Å². The molecule has 0 saturated carbocycles. The van der Waals surface area contributed by atoms with Crippen LogP contribution in [-0.4, -0.2) is 25.5 Å². The SMILES string of the molecule is CCN(CC)c1ccc2c(c1)Oc1cc(O[C@H]3C[C@@H](C)C[C@@H](C)O3)c(C(F)F)cc1C21CCc2ccccc21. The first-order valence-corrected chi connectivity index (χ1v) is 14.3. The fraction of sp³-hybridized carbons (Fsp3) is 0.455. The summed E-state index contributed by atoms with van der Waals surface area (Å²) in [6.45, 7) is 10.2. The standard InChI is InChI=1S/C33H37F2NO3/c1-5-36(6-2)23-11-12-26-29(17-23)38-30-19-28(39-31-16-20(3)15-21(4)37-31)24(32(34)35)18-27(30)33(26)14-13-22-9-7-8-10-25(22)33/h7-12,17-21,31-32H,5-6,13-16H2,1-4H3/t20-,21+,31-,33?/m0/s1. The molecule has 4 nitrogen and oxygen atoms in total. The molecular formula is C33H37F2NO3. The highest BCUT2D eigenvalue weighted by molar-refractivity contribution is 5.70. The maximum Gasteiger partial charge on any atom is 0.267 e. The highest BCUT2D eigenvalue weighted by Gasteiger charge is 2.48. The average Bonchev–Trinajstić information content (AvgIpc) is 3.28. The molecule has 0 amide bonds. The van der Waals surface area contributed by atoms with Gasteiger partial charge in [0.2, 0.25) is 0 Å². The number of hydrogen-bond acceptors (Lipinski definition) is 4. The number of fused-ring (bicyclic) bond motifs is 6. The van der Waals surface area contributed by atoms with Crippen molar-refractivity contribution in [2.24, 2.45) is 5.92 Å². The van der Waals surface area contributed by atoms with Crippen LogP contribution in [0.1, 0.15) is 81.2 Å². The van der Waals surface area contributed by atoms with Crippen molar-refractivity contribution in [1.29, 1.82) is 0 Å². The second kappa shape index (κ2) is 10.1. The summed E-state index contributed by atoms with van der Waals surface area (Å²) in [4.78, 5) is 2.28. The largest absolute Gasteiger partial charge is 0.464 e. The molecule has 0 aromatic heterocycles. The predicted octanol–water partition coefficient (Wildman–Crippen LogP) is 8.40. The number of ether oxygens (including phenoxy) is 3. The molecular weight excluding hydrogens is 496 g/mol. The van der Waals surface area contributed by atoms with E-state index in [0.717, 1.165) is 54.9 Å². The second-order valence-electron chi connectivity index (χ2n) is 11.3. The molecule has 0 bridgehead atoms. The quantitative estimate of drug-likeness (QED) is 0.318. The van der Waals surface area contributed by atoms with Crippen molar-refractivity contribution in [2.75, 3.05) is 18.0 Å². The van der Waals surface area contributed by atoms with Gasteiger partial charge in [-0.15, -0.1) is 0 Å². The van der Waals surface area contributed by atoms with Gasteiger partial charge in [-0.05, 0) is 69.2 Å². The van der Waals surface area contributed by atoms with E-state index in [1.54, 1.807) is 12.1 Å². The van der Waals surface area contributed by atoms with E-state index in [9.17, 15) is 8.78 Å². The molecule has 206 valence electrons. The summed E-state index contributed by atoms with van der Waals surface area (Å²) < 4.78 is 48.0. The summed E-state index contributed by atoms with van der Waals surface area (Å²) >= 11 is 0. The Morgan fingerprint density at radius 3 is 2.46 bits per heavy atom. The molecule has 2 heterocycles. The molecule has 3 aliphatic rings. The fourth-order valence-electron chi connectivity index (χ4n) is 7.02. The Morgan fingerprint density at radius 1 is 0.949 bits per heavy atom. The molecule has 4 atom stereocenters. The van der Waals surface area contributed by atoms with Crippen molar-refractivity contribution in [1.82, 2.24) is 0 Å². The van der Waals surface area contributed by atoms with Crippen LogP contribution in [0.25, 0.3) is 0 Å².